The van der Waals surface area contributed by atoms with Crippen LogP contribution in [0.15, 0.2) is 22.7 Å². The van der Waals surface area contributed by atoms with Crippen LogP contribution in [-0.2, 0) is 0 Å². The first-order valence-electron chi connectivity index (χ1n) is 6.15. The number of rotatable bonds is 1. The zero-order valence-corrected chi connectivity index (χ0v) is 12.0. The molecule has 2 aromatic rings. The molecule has 1 saturated carbocycles. The number of nitrogens with one attached hydrogen (secondary N) is 1. The van der Waals surface area contributed by atoms with Gasteiger partial charge in [0.15, 0.2) is 4.77 Å². The minimum absolute atomic E-state index is 0.583. The van der Waals surface area contributed by atoms with E-state index >= 15 is 0 Å². The van der Waals surface area contributed by atoms with Crippen LogP contribution >= 0.6 is 28.1 Å². The highest BCUT2D eigenvalue weighted by Crippen LogP contribution is 2.32. The standard InChI is InChI=1S/C13H15BrN2S/c14-9-6-7-11-12(8-9)16(13(17)15-11)10-4-2-1-3-5-10/h6-8,10H,1-5H2,(H,15,17). The van der Waals surface area contributed by atoms with Crippen LogP contribution in [0.2, 0.25) is 0 Å². The summed E-state index contributed by atoms with van der Waals surface area (Å²) in [7, 11) is 0. The van der Waals surface area contributed by atoms with Crippen molar-refractivity contribution in [2.45, 2.75) is 38.1 Å². The average molecular weight is 311 g/mol. The van der Waals surface area contributed by atoms with E-state index < -0.39 is 0 Å². The normalized spacial score (nSPS) is 17.7. The Balaban J connectivity index is 2.16. The first kappa shape index (κ1) is 11.5. The van der Waals surface area contributed by atoms with Crippen LogP contribution in [0.4, 0.5) is 0 Å². The molecular formula is C13H15BrN2S. The van der Waals surface area contributed by atoms with Gasteiger partial charge in [0.2, 0.25) is 0 Å². The summed E-state index contributed by atoms with van der Waals surface area (Å²) < 4.78 is 4.29. The van der Waals surface area contributed by atoms with E-state index in [-0.39, 0.29) is 0 Å². The van der Waals surface area contributed by atoms with Gasteiger partial charge in [-0.25, -0.2) is 0 Å². The molecule has 0 atom stereocenters. The molecule has 1 aliphatic carbocycles. The Morgan fingerprint density at radius 2 is 2.00 bits per heavy atom. The number of halogens is 1. The van der Waals surface area contributed by atoms with Crippen LogP contribution < -0.4 is 0 Å². The van der Waals surface area contributed by atoms with Gasteiger partial charge >= 0.3 is 0 Å². The van der Waals surface area contributed by atoms with E-state index in [9.17, 15) is 0 Å². The van der Waals surface area contributed by atoms with E-state index in [1.54, 1.807) is 0 Å². The van der Waals surface area contributed by atoms with Gasteiger partial charge in [-0.1, -0.05) is 35.2 Å². The molecule has 17 heavy (non-hydrogen) atoms. The maximum absolute atomic E-state index is 5.47. The maximum Gasteiger partial charge on any atom is 0.178 e. The van der Waals surface area contributed by atoms with E-state index in [0.717, 1.165) is 14.8 Å². The van der Waals surface area contributed by atoms with Crippen molar-refractivity contribution in [1.29, 1.82) is 0 Å². The zero-order chi connectivity index (χ0) is 11.8. The molecule has 0 unspecified atom stereocenters. The fraction of sp³-hybridized carbons (Fsp3) is 0.462. The summed E-state index contributed by atoms with van der Waals surface area (Å²) in [5.41, 5.74) is 2.38. The predicted octanol–water partition coefficient (Wildman–Crippen LogP) is 4.97. The largest absolute Gasteiger partial charge is 0.331 e. The average Bonchev–Trinajstić information content (AvgIpc) is 2.65. The van der Waals surface area contributed by atoms with Gasteiger partial charge in [-0.15, -0.1) is 0 Å². The second-order valence-corrected chi connectivity index (χ2v) is 6.06. The summed E-state index contributed by atoms with van der Waals surface area (Å²) >= 11 is 9.01. The number of H-pyrrole nitrogens is 1. The Bertz CT molecular complexity index is 593. The van der Waals surface area contributed by atoms with Crippen LogP contribution in [0, 0.1) is 4.77 Å². The molecule has 0 spiro atoms. The highest BCUT2D eigenvalue weighted by atomic mass is 79.9. The van der Waals surface area contributed by atoms with Gasteiger partial charge in [-0.05, 0) is 43.3 Å². The highest BCUT2D eigenvalue weighted by molar-refractivity contribution is 9.10. The summed E-state index contributed by atoms with van der Waals surface area (Å²) in [6.07, 6.45) is 6.54. The van der Waals surface area contributed by atoms with Crippen LogP contribution in [0.1, 0.15) is 38.1 Å². The smallest absolute Gasteiger partial charge is 0.178 e. The quantitative estimate of drug-likeness (QED) is 0.738. The van der Waals surface area contributed by atoms with Crippen molar-refractivity contribution in [3.8, 4) is 0 Å². The SMILES string of the molecule is S=c1[nH]c2ccc(Br)cc2n1C1CCCCC1. The van der Waals surface area contributed by atoms with Crippen molar-refractivity contribution >= 4 is 39.2 Å². The third-order valence-electron chi connectivity index (χ3n) is 3.62. The molecule has 90 valence electrons. The fourth-order valence-electron chi connectivity index (χ4n) is 2.80. The van der Waals surface area contributed by atoms with Crippen molar-refractivity contribution in [1.82, 2.24) is 9.55 Å². The summed E-state index contributed by atoms with van der Waals surface area (Å²) in [5, 5.41) is 0. The van der Waals surface area contributed by atoms with Crippen LogP contribution in [-0.4, -0.2) is 9.55 Å². The second kappa shape index (κ2) is 4.58. The lowest BCUT2D eigenvalue weighted by molar-refractivity contribution is 0.357. The van der Waals surface area contributed by atoms with Crippen LogP contribution in [0.3, 0.4) is 0 Å². The Kier molecular flexibility index (Phi) is 3.09. The van der Waals surface area contributed by atoms with Gasteiger partial charge in [0.05, 0.1) is 11.0 Å². The molecule has 1 fully saturated rings. The van der Waals surface area contributed by atoms with Gasteiger partial charge < -0.3 is 9.55 Å². The summed E-state index contributed by atoms with van der Waals surface area (Å²) in [4.78, 5) is 3.31. The lowest BCUT2D eigenvalue weighted by Crippen LogP contribution is -2.12. The molecule has 1 aromatic heterocycles. The third-order valence-corrected chi connectivity index (χ3v) is 4.41. The number of nitrogens with zero attached hydrogens (tertiary/aromatic N) is 1. The Morgan fingerprint density at radius 3 is 2.76 bits per heavy atom. The molecule has 1 heterocycles. The number of benzene rings is 1. The van der Waals surface area contributed by atoms with Gasteiger partial charge in [-0.2, -0.15) is 0 Å². The Labute approximate surface area is 114 Å². The number of aromatic nitrogens is 2. The minimum atomic E-state index is 0.583. The molecule has 1 N–H and O–H groups in total. The topological polar surface area (TPSA) is 20.7 Å². The van der Waals surface area contributed by atoms with Gasteiger partial charge in [0.1, 0.15) is 0 Å². The van der Waals surface area contributed by atoms with E-state index in [1.807, 2.05) is 0 Å². The van der Waals surface area contributed by atoms with E-state index in [1.165, 1.54) is 37.6 Å². The second-order valence-electron chi connectivity index (χ2n) is 4.75. The molecular weight excluding hydrogens is 296 g/mol. The molecule has 0 amide bonds. The van der Waals surface area contributed by atoms with Crippen LogP contribution in [0.5, 0.6) is 0 Å². The molecule has 2 nitrogen and oxygen atoms in total. The van der Waals surface area contributed by atoms with Gasteiger partial charge in [0.25, 0.3) is 0 Å². The monoisotopic (exact) mass is 310 g/mol. The number of hydrogen-bond donors (Lipinski definition) is 1. The summed E-state index contributed by atoms with van der Waals surface area (Å²) in [6, 6.07) is 6.89. The lowest BCUT2D eigenvalue weighted by atomic mass is 9.95. The molecule has 1 aliphatic rings. The maximum atomic E-state index is 5.47. The van der Waals surface area contributed by atoms with Crippen molar-refractivity contribution < 1.29 is 0 Å². The fourth-order valence-corrected chi connectivity index (χ4v) is 3.50. The summed E-state index contributed by atoms with van der Waals surface area (Å²) in [6.45, 7) is 0. The predicted molar refractivity (Wildman–Crippen MR) is 76.9 cm³/mol. The van der Waals surface area contributed by atoms with Crippen LogP contribution in [0.25, 0.3) is 11.0 Å². The minimum Gasteiger partial charge on any atom is -0.331 e. The molecule has 0 radical (unpaired) electrons. The molecule has 4 heteroatoms. The molecule has 0 bridgehead atoms. The highest BCUT2D eigenvalue weighted by Gasteiger charge is 2.18. The number of fused-ring (bicyclic) bond motifs is 1. The Morgan fingerprint density at radius 1 is 1.24 bits per heavy atom. The van der Waals surface area contributed by atoms with Gasteiger partial charge in [0, 0.05) is 10.5 Å². The number of imidazole rings is 1. The molecule has 1 aromatic carbocycles. The van der Waals surface area contributed by atoms with E-state index in [4.69, 9.17) is 12.2 Å². The van der Waals surface area contributed by atoms with Gasteiger partial charge in [-0.3, -0.25) is 0 Å². The first-order chi connectivity index (χ1) is 8.25. The van der Waals surface area contributed by atoms with Crippen molar-refractivity contribution in [3.05, 3.63) is 27.4 Å². The molecule has 3 rings (SSSR count). The summed E-state index contributed by atoms with van der Waals surface area (Å²) in [5.74, 6) is 0. The molecule has 0 aliphatic heterocycles. The number of aromatic amines is 1. The van der Waals surface area contributed by atoms with Crippen molar-refractivity contribution in [2.75, 3.05) is 0 Å². The number of hydrogen-bond acceptors (Lipinski definition) is 1. The van der Waals surface area contributed by atoms with E-state index in [0.29, 0.717) is 6.04 Å². The lowest BCUT2D eigenvalue weighted by Gasteiger charge is -2.23. The Hall–Kier alpha value is -0.610. The zero-order valence-electron chi connectivity index (χ0n) is 9.58. The van der Waals surface area contributed by atoms with Crippen molar-refractivity contribution in [2.24, 2.45) is 0 Å². The van der Waals surface area contributed by atoms with Crippen molar-refractivity contribution in [3.63, 3.8) is 0 Å². The first-order valence-corrected chi connectivity index (χ1v) is 7.35. The van der Waals surface area contributed by atoms with E-state index in [2.05, 4.69) is 43.7 Å². The molecule has 0 saturated heterocycles. The third kappa shape index (κ3) is 2.08.